The van der Waals surface area contributed by atoms with E-state index in [1.54, 1.807) is 0 Å². The van der Waals surface area contributed by atoms with Crippen molar-refractivity contribution in [1.82, 2.24) is 0 Å². The average molecular weight is 311 g/mol. The zero-order valence-electron chi connectivity index (χ0n) is 13.2. The minimum atomic E-state index is -0.0385. The molecule has 1 N–H and O–H groups in total. The number of benzene rings is 2. The number of carbonyl (C=O) groups is 1. The zero-order chi connectivity index (χ0) is 16.1. The summed E-state index contributed by atoms with van der Waals surface area (Å²) >= 11 is 0. The number of hydrogen-bond donors (Lipinski definition) is 1. The Hall–Kier alpha value is -2.33. The van der Waals surface area contributed by atoms with E-state index in [0.29, 0.717) is 19.8 Å². The van der Waals surface area contributed by atoms with Gasteiger partial charge in [-0.25, -0.2) is 0 Å². The van der Waals surface area contributed by atoms with Crippen LogP contribution in [-0.4, -0.2) is 19.1 Å². The van der Waals surface area contributed by atoms with Crippen molar-refractivity contribution in [2.75, 3.05) is 18.5 Å². The lowest BCUT2D eigenvalue weighted by atomic mass is 10.1. The van der Waals surface area contributed by atoms with Gasteiger partial charge in [0.2, 0.25) is 5.91 Å². The molecule has 1 saturated heterocycles. The van der Waals surface area contributed by atoms with Crippen molar-refractivity contribution in [3.63, 3.8) is 0 Å². The Balaban J connectivity index is 1.60. The van der Waals surface area contributed by atoms with Crippen LogP contribution in [0.5, 0.6) is 5.75 Å². The molecule has 0 saturated carbocycles. The van der Waals surface area contributed by atoms with Crippen LogP contribution in [0.4, 0.5) is 5.69 Å². The topological polar surface area (TPSA) is 47.6 Å². The van der Waals surface area contributed by atoms with Crippen LogP contribution >= 0.6 is 0 Å². The Morgan fingerprint density at radius 2 is 2.09 bits per heavy atom. The first-order valence-electron chi connectivity index (χ1n) is 7.88. The van der Waals surface area contributed by atoms with E-state index in [2.05, 4.69) is 5.32 Å². The number of carbonyl (C=O) groups excluding carboxylic acids is 1. The van der Waals surface area contributed by atoms with E-state index in [4.69, 9.17) is 9.47 Å². The van der Waals surface area contributed by atoms with E-state index in [-0.39, 0.29) is 11.8 Å². The third kappa shape index (κ3) is 4.11. The molecule has 1 amide bonds. The van der Waals surface area contributed by atoms with Crippen LogP contribution in [-0.2, 0) is 16.1 Å². The van der Waals surface area contributed by atoms with Gasteiger partial charge >= 0.3 is 0 Å². The number of nitrogens with one attached hydrogen (secondary N) is 1. The zero-order valence-corrected chi connectivity index (χ0v) is 13.2. The van der Waals surface area contributed by atoms with Crippen molar-refractivity contribution in [3.8, 4) is 5.75 Å². The van der Waals surface area contributed by atoms with Crippen molar-refractivity contribution in [2.45, 2.75) is 20.0 Å². The molecule has 0 aromatic heterocycles. The summed E-state index contributed by atoms with van der Waals surface area (Å²) in [4.78, 5) is 12.1. The summed E-state index contributed by atoms with van der Waals surface area (Å²) in [5.74, 6) is 0.792. The Morgan fingerprint density at radius 1 is 1.26 bits per heavy atom. The van der Waals surface area contributed by atoms with E-state index in [0.717, 1.165) is 29.0 Å². The molecule has 0 radical (unpaired) electrons. The van der Waals surface area contributed by atoms with Gasteiger partial charge in [-0.2, -0.15) is 0 Å². The summed E-state index contributed by atoms with van der Waals surface area (Å²) < 4.78 is 11.1. The number of hydrogen-bond acceptors (Lipinski definition) is 3. The van der Waals surface area contributed by atoms with Crippen LogP contribution in [0.25, 0.3) is 0 Å². The van der Waals surface area contributed by atoms with Gasteiger partial charge < -0.3 is 14.8 Å². The normalized spacial score (nSPS) is 17.0. The summed E-state index contributed by atoms with van der Waals surface area (Å²) in [6.07, 6.45) is 0.795. The molecule has 2 aromatic carbocycles. The quantitative estimate of drug-likeness (QED) is 0.918. The molecule has 1 atom stereocenters. The van der Waals surface area contributed by atoms with E-state index in [1.807, 2.05) is 55.5 Å². The number of amides is 1. The predicted octanol–water partition coefficient (Wildman–Crippen LogP) is 3.55. The highest BCUT2D eigenvalue weighted by atomic mass is 16.5. The van der Waals surface area contributed by atoms with Gasteiger partial charge in [-0.1, -0.05) is 30.3 Å². The van der Waals surface area contributed by atoms with Gasteiger partial charge in [0.25, 0.3) is 0 Å². The molecule has 1 heterocycles. The Morgan fingerprint density at radius 3 is 2.78 bits per heavy atom. The molecular formula is C19H21NO3. The van der Waals surface area contributed by atoms with Crippen LogP contribution in [0.1, 0.15) is 17.5 Å². The summed E-state index contributed by atoms with van der Waals surface area (Å²) in [6, 6.07) is 15.8. The largest absolute Gasteiger partial charge is 0.489 e. The molecule has 1 fully saturated rings. The summed E-state index contributed by atoms with van der Waals surface area (Å²) in [5, 5.41) is 2.98. The molecule has 4 heteroatoms. The molecule has 23 heavy (non-hydrogen) atoms. The first-order chi connectivity index (χ1) is 11.2. The highest BCUT2D eigenvalue weighted by Crippen LogP contribution is 2.23. The molecule has 4 nitrogen and oxygen atoms in total. The van der Waals surface area contributed by atoms with E-state index in [1.165, 1.54) is 0 Å². The maximum atomic E-state index is 12.1. The lowest BCUT2D eigenvalue weighted by molar-refractivity contribution is -0.119. The van der Waals surface area contributed by atoms with Gasteiger partial charge in [0.05, 0.1) is 12.5 Å². The maximum absolute atomic E-state index is 12.1. The van der Waals surface area contributed by atoms with E-state index < -0.39 is 0 Å². The van der Waals surface area contributed by atoms with E-state index in [9.17, 15) is 4.79 Å². The molecule has 1 aliphatic heterocycles. The molecule has 0 spiro atoms. The smallest absolute Gasteiger partial charge is 0.229 e. The van der Waals surface area contributed by atoms with Crippen molar-refractivity contribution in [2.24, 2.45) is 5.92 Å². The molecule has 1 aliphatic rings. The minimum absolute atomic E-state index is 0.0311. The van der Waals surface area contributed by atoms with Crippen molar-refractivity contribution < 1.29 is 14.3 Å². The Bertz CT molecular complexity index is 664. The summed E-state index contributed by atoms with van der Waals surface area (Å²) in [7, 11) is 0. The maximum Gasteiger partial charge on any atom is 0.229 e. The number of ether oxygens (including phenoxy) is 2. The van der Waals surface area contributed by atoms with Crippen molar-refractivity contribution >= 4 is 11.6 Å². The molecule has 120 valence electrons. The minimum Gasteiger partial charge on any atom is -0.489 e. The monoisotopic (exact) mass is 311 g/mol. The van der Waals surface area contributed by atoms with Crippen molar-refractivity contribution in [1.29, 1.82) is 0 Å². The molecule has 3 rings (SSSR count). The first kappa shape index (κ1) is 15.6. The van der Waals surface area contributed by atoms with Gasteiger partial charge in [0, 0.05) is 12.3 Å². The van der Waals surface area contributed by atoms with Crippen LogP contribution in [0.3, 0.4) is 0 Å². The highest BCUT2D eigenvalue weighted by Gasteiger charge is 2.23. The molecule has 0 bridgehead atoms. The lowest BCUT2D eigenvalue weighted by Gasteiger charge is -2.13. The van der Waals surface area contributed by atoms with Crippen LogP contribution in [0, 0.1) is 12.8 Å². The second-order valence-electron chi connectivity index (χ2n) is 5.80. The standard InChI is InChI=1S/C19H21NO3/c1-14-11-17(23-12-15-5-3-2-4-6-15)7-8-18(14)20-19(21)16-9-10-22-13-16/h2-8,11,16H,9-10,12-13H2,1H3,(H,20,21). The van der Waals surface area contributed by atoms with Crippen molar-refractivity contribution in [3.05, 3.63) is 59.7 Å². The van der Waals surface area contributed by atoms with Gasteiger partial charge in [0.15, 0.2) is 0 Å². The SMILES string of the molecule is Cc1cc(OCc2ccccc2)ccc1NC(=O)C1CCOC1. The Labute approximate surface area is 136 Å². The fourth-order valence-corrected chi connectivity index (χ4v) is 2.58. The predicted molar refractivity (Wildman–Crippen MR) is 89.5 cm³/mol. The number of rotatable bonds is 5. The van der Waals surface area contributed by atoms with E-state index >= 15 is 0 Å². The number of aryl methyl sites for hydroxylation is 1. The molecule has 2 aromatic rings. The Kier molecular flexibility index (Phi) is 4.93. The van der Waals surface area contributed by atoms with Gasteiger partial charge in [-0.15, -0.1) is 0 Å². The van der Waals surface area contributed by atoms with Crippen LogP contribution in [0.2, 0.25) is 0 Å². The second-order valence-corrected chi connectivity index (χ2v) is 5.80. The third-order valence-electron chi connectivity index (χ3n) is 4.00. The summed E-state index contributed by atoms with van der Waals surface area (Å²) in [6.45, 7) is 3.69. The highest BCUT2D eigenvalue weighted by molar-refractivity contribution is 5.93. The first-order valence-corrected chi connectivity index (χ1v) is 7.88. The third-order valence-corrected chi connectivity index (χ3v) is 4.00. The van der Waals surface area contributed by atoms with Gasteiger partial charge in [-0.3, -0.25) is 4.79 Å². The lowest BCUT2D eigenvalue weighted by Crippen LogP contribution is -2.23. The fraction of sp³-hybridized carbons (Fsp3) is 0.316. The average Bonchev–Trinajstić information content (AvgIpc) is 3.11. The fourth-order valence-electron chi connectivity index (χ4n) is 2.58. The van der Waals surface area contributed by atoms with Gasteiger partial charge in [-0.05, 0) is 42.7 Å². The summed E-state index contributed by atoms with van der Waals surface area (Å²) in [5.41, 5.74) is 2.94. The van der Waals surface area contributed by atoms with Gasteiger partial charge in [0.1, 0.15) is 12.4 Å². The second kappa shape index (κ2) is 7.29. The van der Waals surface area contributed by atoms with Crippen LogP contribution in [0.15, 0.2) is 48.5 Å². The van der Waals surface area contributed by atoms with Crippen LogP contribution < -0.4 is 10.1 Å². The molecular weight excluding hydrogens is 290 g/mol. The number of anilines is 1. The molecule has 0 aliphatic carbocycles. The molecule has 1 unspecified atom stereocenters.